The summed E-state index contributed by atoms with van der Waals surface area (Å²) in [6, 6.07) is 19.6. The Bertz CT molecular complexity index is 1220. The van der Waals surface area contributed by atoms with Crippen LogP contribution in [0.15, 0.2) is 42.5 Å². The van der Waals surface area contributed by atoms with Crippen molar-refractivity contribution in [3.05, 3.63) is 87.5 Å². The fraction of sp³-hybridized carbons (Fsp3) is 0.526. The van der Waals surface area contributed by atoms with Crippen molar-refractivity contribution >= 4 is 3.21 Å². The van der Waals surface area contributed by atoms with Crippen LogP contribution in [0.4, 0.5) is 0 Å². The second-order valence-electron chi connectivity index (χ2n) is 14.9. The number of benzene rings is 2. The predicted molar refractivity (Wildman–Crippen MR) is 169 cm³/mol. The standard InChI is InChI=1S/C21H25.C11H17.C6H10.2ClH.Zr/c1-20(2,3)16-9-7-14-11-15-8-10-17(21(4,5)6)13-19(15)18(14)12-16;1-8-6-9(2)10(7-8)11(3,4)5;1-2-4-6-5-3-1;;;/h7,9-10,12-13H,11H2,1-6H3;6-7H,1-5H3;1-5H2;2*1H;/q2*-1;;;;+2/p-2. The van der Waals surface area contributed by atoms with Gasteiger partial charge >= 0.3 is 59.5 Å². The molecule has 0 N–H and O–H groups in total. The SMILES string of the molecule is CC(C)(C)c1c[c-]c2c(c1)-c1cc(C(C)(C)C)ccc1C2.Cc1cc(C(C)(C)C)c(C)[cH-]1.[Cl-].[Cl-].[Zr+2]=[C]1CCCCC1. The molecule has 1 saturated carbocycles. The number of hydrogen-bond acceptors (Lipinski definition) is 0. The second kappa shape index (κ2) is 15.2. The molecule has 0 amide bonds. The molecule has 0 saturated heterocycles. The molecule has 41 heavy (non-hydrogen) atoms. The molecule has 3 heteroatoms. The normalized spacial score (nSPS) is 14.3. The van der Waals surface area contributed by atoms with E-state index in [1.807, 2.05) is 0 Å². The summed E-state index contributed by atoms with van der Waals surface area (Å²) in [6.07, 6.45) is 8.34. The summed E-state index contributed by atoms with van der Waals surface area (Å²) in [7, 11) is 0. The van der Waals surface area contributed by atoms with E-state index >= 15 is 0 Å². The molecule has 2 aliphatic carbocycles. The molecule has 0 bridgehead atoms. The molecule has 0 spiro atoms. The Balaban J connectivity index is 0.000000353. The first kappa shape index (κ1) is 38.1. The van der Waals surface area contributed by atoms with Crippen LogP contribution in [0, 0.1) is 19.9 Å². The summed E-state index contributed by atoms with van der Waals surface area (Å²) in [5.41, 5.74) is 13.4. The third-order valence-corrected chi connectivity index (χ3v) is 9.26. The van der Waals surface area contributed by atoms with Crippen LogP contribution >= 0.6 is 0 Å². The molecule has 2 aliphatic rings. The number of aryl methyl sites for hydroxylation is 2. The molecular weight excluding hydrogens is 619 g/mol. The molecule has 0 aliphatic heterocycles. The Kier molecular flexibility index (Phi) is 14.2. The minimum absolute atomic E-state index is 0. The average Bonchev–Trinajstić information content (AvgIpc) is 3.37. The van der Waals surface area contributed by atoms with Crippen LogP contribution in [0.2, 0.25) is 0 Å². The first-order valence-corrected chi connectivity index (χ1v) is 16.2. The molecule has 0 unspecified atom stereocenters. The van der Waals surface area contributed by atoms with Crippen LogP contribution < -0.4 is 24.8 Å². The van der Waals surface area contributed by atoms with Crippen molar-refractivity contribution in [2.45, 2.75) is 131 Å². The fourth-order valence-electron chi connectivity index (χ4n) is 5.57. The molecule has 3 aromatic carbocycles. The van der Waals surface area contributed by atoms with Gasteiger partial charge in [-0.15, -0.1) is 5.56 Å². The van der Waals surface area contributed by atoms with Crippen LogP contribution in [-0.4, -0.2) is 3.21 Å². The maximum absolute atomic E-state index is 3.53. The number of hydrogen-bond donors (Lipinski definition) is 0. The van der Waals surface area contributed by atoms with E-state index in [1.165, 1.54) is 82.2 Å². The Morgan fingerprint density at radius 1 is 0.707 bits per heavy atom. The van der Waals surface area contributed by atoms with Crippen molar-refractivity contribution in [1.82, 2.24) is 0 Å². The fourth-order valence-corrected chi connectivity index (χ4v) is 6.44. The molecule has 0 radical (unpaired) electrons. The topological polar surface area (TPSA) is 0 Å². The van der Waals surface area contributed by atoms with Gasteiger partial charge in [-0.05, 0) is 17.4 Å². The zero-order valence-corrected chi connectivity index (χ0v) is 31.5. The molecule has 0 aromatic heterocycles. The van der Waals surface area contributed by atoms with Gasteiger partial charge in [-0.25, -0.2) is 6.07 Å². The van der Waals surface area contributed by atoms with Gasteiger partial charge in [0.25, 0.3) is 0 Å². The zero-order chi connectivity index (χ0) is 29.2. The van der Waals surface area contributed by atoms with E-state index in [2.05, 4.69) is 125 Å². The van der Waals surface area contributed by atoms with Gasteiger partial charge in [-0.3, -0.25) is 0 Å². The quantitative estimate of drug-likeness (QED) is 0.239. The van der Waals surface area contributed by atoms with E-state index in [-0.39, 0.29) is 35.6 Å². The number of halogens is 2. The third kappa shape index (κ3) is 10.7. The Hall–Kier alpha value is -0.877. The summed E-state index contributed by atoms with van der Waals surface area (Å²) < 4.78 is 1.80. The van der Waals surface area contributed by atoms with Gasteiger partial charge in [0.1, 0.15) is 0 Å². The Labute approximate surface area is 280 Å². The maximum atomic E-state index is 3.53. The minimum atomic E-state index is 0. The van der Waals surface area contributed by atoms with Crippen LogP contribution in [-0.2, 0) is 46.9 Å². The monoisotopic (exact) mass is 668 g/mol. The van der Waals surface area contributed by atoms with Crippen LogP contribution in [0.25, 0.3) is 11.1 Å². The molecule has 0 nitrogen and oxygen atoms in total. The van der Waals surface area contributed by atoms with Gasteiger partial charge < -0.3 is 24.8 Å². The van der Waals surface area contributed by atoms with E-state index in [9.17, 15) is 0 Å². The van der Waals surface area contributed by atoms with Crippen LogP contribution in [0.1, 0.15) is 133 Å². The van der Waals surface area contributed by atoms with Gasteiger partial charge in [0.2, 0.25) is 0 Å². The molecule has 3 aromatic rings. The Morgan fingerprint density at radius 3 is 1.68 bits per heavy atom. The van der Waals surface area contributed by atoms with Crippen molar-refractivity contribution < 1.29 is 49.0 Å². The molecular formula is C38H52Cl2Zr-2. The number of fused-ring (bicyclic) bond motifs is 3. The van der Waals surface area contributed by atoms with E-state index < -0.39 is 0 Å². The van der Waals surface area contributed by atoms with Crippen molar-refractivity contribution in [1.29, 1.82) is 0 Å². The third-order valence-electron chi connectivity index (χ3n) is 8.03. The van der Waals surface area contributed by atoms with Crippen molar-refractivity contribution in [3.8, 4) is 11.1 Å². The van der Waals surface area contributed by atoms with Gasteiger partial charge in [-0.2, -0.15) is 52.1 Å². The molecule has 1 fully saturated rings. The first-order chi connectivity index (χ1) is 18.0. The average molecular weight is 671 g/mol. The van der Waals surface area contributed by atoms with Gasteiger partial charge in [0, 0.05) is 0 Å². The van der Waals surface area contributed by atoms with Gasteiger partial charge in [0.05, 0.1) is 0 Å². The molecule has 224 valence electrons. The summed E-state index contributed by atoms with van der Waals surface area (Å²) >= 11 is 1.69. The molecule has 0 atom stereocenters. The second-order valence-corrected chi connectivity index (χ2v) is 16.6. The van der Waals surface area contributed by atoms with Crippen LogP contribution in [0.5, 0.6) is 0 Å². The Morgan fingerprint density at radius 2 is 1.27 bits per heavy atom. The summed E-state index contributed by atoms with van der Waals surface area (Å²) in [5, 5.41) is 0. The van der Waals surface area contributed by atoms with E-state index in [0.29, 0.717) is 5.41 Å². The van der Waals surface area contributed by atoms with Gasteiger partial charge in [0.15, 0.2) is 0 Å². The zero-order valence-electron chi connectivity index (χ0n) is 27.5. The summed E-state index contributed by atoms with van der Waals surface area (Å²) in [6.45, 7) is 24.8. The van der Waals surface area contributed by atoms with Crippen molar-refractivity contribution in [2.75, 3.05) is 0 Å². The molecule has 0 heterocycles. The van der Waals surface area contributed by atoms with E-state index in [0.717, 1.165) is 6.42 Å². The van der Waals surface area contributed by atoms with Crippen molar-refractivity contribution in [3.63, 3.8) is 0 Å². The number of rotatable bonds is 0. The van der Waals surface area contributed by atoms with Gasteiger partial charge in [-0.1, -0.05) is 116 Å². The first-order valence-electron chi connectivity index (χ1n) is 15.0. The van der Waals surface area contributed by atoms with E-state index in [4.69, 9.17) is 0 Å². The summed E-state index contributed by atoms with van der Waals surface area (Å²) in [4.78, 5) is 0. The van der Waals surface area contributed by atoms with Crippen LogP contribution in [0.3, 0.4) is 0 Å². The van der Waals surface area contributed by atoms with Crippen molar-refractivity contribution in [2.24, 2.45) is 0 Å². The van der Waals surface area contributed by atoms with E-state index in [1.54, 1.807) is 27.4 Å². The predicted octanol–water partition coefficient (Wildman–Crippen LogP) is 4.65. The summed E-state index contributed by atoms with van der Waals surface area (Å²) in [5.74, 6) is 0. The molecule has 5 rings (SSSR count).